The lowest BCUT2D eigenvalue weighted by atomic mass is 10.5. The van der Waals surface area contributed by atoms with Crippen molar-refractivity contribution in [3.63, 3.8) is 0 Å². The van der Waals surface area contributed by atoms with Gasteiger partial charge < -0.3 is 5.11 Å². The Balaban J connectivity index is 3.54. The summed E-state index contributed by atoms with van der Waals surface area (Å²) in [6.07, 6.45) is 0. The molecule has 0 saturated heterocycles. The van der Waals surface area contributed by atoms with Crippen LogP contribution in [0.15, 0.2) is 0 Å². The standard InChI is InChI=1S/C3H5Br3O/c1-2(4)3(5,6)7/h2,7H,1H3. The molecule has 0 aromatic carbocycles. The summed E-state index contributed by atoms with van der Waals surface area (Å²) in [6.45, 7) is 1.82. The number of rotatable bonds is 1. The molecule has 0 heterocycles. The van der Waals surface area contributed by atoms with Crippen LogP contribution >= 0.6 is 47.8 Å². The van der Waals surface area contributed by atoms with Gasteiger partial charge in [-0.05, 0) is 38.8 Å². The van der Waals surface area contributed by atoms with Gasteiger partial charge in [0.2, 0.25) is 0 Å². The number of alkyl halides is 3. The maximum Gasteiger partial charge on any atom is 0.187 e. The van der Waals surface area contributed by atoms with E-state index in [4.69, 9.17) is 5.11 Å². The van der Waals surface area contributed by atoms with Crippen LogP contribution in [0.3, 0.4) is 0 Å². The quantitative estimate of drug-likeness (QED) is 0.736. The molecule has 4 heteroatoms. The van der Waals surface area contributed by atoms with E-state index in [1.165, 1.54) is 0 Å². The second-order valence-corrected chi connectivity index (χ2v) is 6.06. The van der Waals surface area contributed by atoms with Crippen LogP contribution < -0.4 is 0 Å². The second kappa shape index (κ2) is 2.80. The average molecular weight is 297 g/mol. The molecule has 0 aliphatic carbocycles. The van der Waals surface area contributed by atoms with Crippen LogP contribution in [0.2, 0.25) is 0 Å². The van der Waals surface area contributed by atoms with E-state index >= 15 is 0 Å². The molecule has 0 aliphatic rings. The van der Waals surface area contributed by atoms with E-state index in [2.05, 4.69) is 47.8 Å². The molecule has 0 saturated carbocycles. The summed E-state index contributed by atoms with van der Waals surface area (Å²) in [5, 5.41) is 8.88. The monoisotopic (exact) mass is 294 g/mol. The lowest BCUT2D eigenvalue weighted by Gasteiger charge is -2.14. The smallest absolute Gasteiger partial charge is 0.187 e. The molecule has 0 aromatic rings. The highest BCUT2D eigenvalue weighted by atomic mass is 79.9. The molecule has 1 N–H and O–H groups in total. The van der Waals surface area contributed by atoms with Gasteiger partial charge in [0.05, 0.1) is 4.83 Å². The summed E-state index contributed by atoms with van der Waals surface area (Å²) < 4.78 is -0.958. The third-order valence-electron chi connectivity index (χ3n) is 0.479. The van der Waals surface area contributed by atoms with Gasteiger partial charge in [-0.15, -0.1) is 0 Å². The molecule has 7 heavy (non-hydrogen) atoms. The minimum atomic E-state index is -0.958. The van der Waals surface area contributed by atoms with Crippen molar-refractivity contribution in [3.8, 4) is 0 Å². The first kappa shape index (κ1) is 8.40. The Bertz CT molecular complexity index is 55.7. The van der Waals surface area contributed by atoms with Gasteiger partial charge in [-0.1, -0.05) is 15.9 Å². The zero-order chi connectivity index (χ0) is 6.08. The highest BCUT2D eigenvalue weighted by molar-refractivity contribution is 9.26. The van der Waals surface area contributed by atoms with E-state index < -0.39 is 3.42 Å². The molecule has 1 nitrogen and oxygen atoms in total. The van der Waals surface area contributed by atoms with Crippen LogP contribution in [-0.4, -0.2) is 13.4 Å². The van der Waals surface area contributed by atoms with Crippen molar-refractivity contribution in [3.05, 3.63) is 0 Å². The fourth-order valence-corrected chi connectivity index (χ4v) is 0. The van der Waals surface area contributed by atoms with Crippen molar-refractivity contribution in [2.45, 2.75) is 15.2 Å². The second-order valence-electron chi connectivity index (χ2n) is 1.20. The Morgan fingerprint density at radius 1 is 1.57 bits per heavy atom. The lowest BCUT2D eigenvalue weighted by molar-refractivity contribution is 0.248. The van der Waals surface area contributed by atoms with Crippen LogP contribution in [0.25, 0.3) is 0 Å². The maximum atomic E-state index is 8.88. The molecular formula is C3H5Br3O. The van der Waals surface area contributed by atoms with E-state index in [-0.39, 0.29) is 4.83 Å². The van der Waals surface area contributed by atoms with Crippen LogP contribution in [0.4, 0.5) is 0 Å². The molecule has 0 radical (unpaired) electrons. The fourth-order valence-electron chi connectivity index (χ4n) is 0. The Kier molecular flexibility index (Phi) is 3.36. The first-order valence-electron chi connectivity index (χ1n) is 1.69. The largest absolute Gasteiger partial charge is 0.368 e. The number of hydrogen-bond donors (Lipinski definition) is 1. The summed E-state index contributed by atoms with van der Waals surface area (Å²) in [4.78, 5) is -0.000000000000000222. The summed E-state index contributed by atoms with van der Waals surface area (Å²) in [5.74, 6) is 0. The molecule has 44 valence electrons. The van der Waals surface area contributed by atoms with Crippen molar-refractivity contribution >= 4 is 47.8 Å². The van der Waals surface area contributed by atoms with E-state index in [9.17, 15) is 0 Å². The van der Waals surface area contributed by atoms with Crippen molar-refractivity contribution in [1.82, 2.24) is 0 Å². The normalized spacial score (nSPS) is 16.7. The van der Waals surface area contributed by atoms with Crippen LogP contribution in [0.5, 0.6) is 0 Å². The zero-order valence-corrected chi connectivity index (χ0v) is 8.42. The van der Waals surface area contributed by atoms with Crippen molar-refractivity contribution in [2.24, 2.45) is 0 Å². The third kappa shape index (κ3) is 3.94. The third-order valence-corrected chi connectivity index (χ3v) is 3.74. The first-order chi connectivity index (χ1) is 2.94. The molecule has 0 amide bonds. The van der Waals surface area contributed by atoms with Crippen molar-refractivity contribution in [1.29, 1.82) is 0 Å². The zero-order valence-electron chi connectivity index (χ0n) is 3.66. The fraction of sp³-hybridized carbons (Fsp3) is 1.00. The highest BCUT2D eigenvalue weighted by Gasteiger charge is 2.23. The molecule has 0 bridgehead atoms. The summed E-state index contributed by atoms with van der Waals surface area (Å²) in [6, 6.07) is 0. The Hall–Kier alpha value is 1.40. The first-order valence-corrected chi connectivity index (χ1v) is 4.19. The topological polar surface area (TPSA) is 20.2 Å². The number of aliphatic hydroxyl groups is 1. The van der Waals surface area contributed by atoms with Gasteiger partial charge in [-0.25, -0.2) is 0 Å². The van der Waals surface area contributed by atoms with E-state index in [0.29, 0.717) is 0 Å². The van der Waals surface area contributed by atoms with E-state index in [1.54, 1.807) is 0 Å². The molecular weight excluding hydrogens is 292 g/mol. The minimum absolute atomic E-state index is 0.000000000000000222. The molecule has 1 unspecified atom stereocenters. The van der Waals surface area contributed by atoms with Crippen LogP contribution in [0, 0.1) is 0 Å². The van der Waals surface area contributed by atoms with E-state index in [1.807, 2.05) is 6.92 Å². The van der Waals surface area contributed by atoms with Crippen LogP contribution in [0.1, 0.15) is 6.92 Å². The molecule has 0 aliphatic heterocycles. The Morgan fingerprint density at radius 2 is 1.71 bits per heavy atom. The summed E-state index contributed by atoms with van der Waals surface area (Å²) in [5.41, 5.74) is 0. The van der Waals surface area contributed by atoms with Gasteiger partial charge in [0.15, 0.2) is 3.42 Å². The van der Waals surface area contributed by atoms with Crippen molar-refractivity contribution < 1.29 is 5.11 Å². The van der Waals surface area contributed by atoms with Gasteiger partial charge in [0, 0.05) is 0 Å². The van der Waals surface area contributed by atoms with E-state index in [0.717, 1.165) is 0 Å². The van der Waals surface area contributed by atoms with Gasteiger partial charge in [0.25, 0.3) is 0 Å². The Morgan fingerprint density at radius 3 is 1.71 bits per heavy atom. The predicted octanol–water partition coefficient (Wildman–Crippen LogP) is 2.21. The molecule has 1 atom stereocenters. The SMILES string of the molecule is CC(Br)C(O)(Br)Br. The molecule has 0 aromatic heterocycles. The summed E-state index contributed by atoms with van der Waals surface area (Å²) >= 11 is 9.09. The Labute approximate surface area is 67.9 Å². The lowest BCUT2D eigenvalue weighted by Crippen LogP contribution is -2.20. The molecule has 0 spiro atoms. The van der Waals surface area contributed by atoms with Gasteiger partial charge in [-0.3, -0.25) is 0 Å². The maximum absolute atomic E-state index is 8.88. The average Bonchev–Trinajstić information content (AvgIpc) is 1.31. The predicted molar refractivity (Wildman–Crippen MR) is 41.2 cm³/mol. The molecule has 0 rings (SSSR count). The van der Waals surface area contributed by atoms with Gasteiger partial charge in [-0.2, -0.15) is 0 Å². The highest BCUT2D eigenvalue weighted by Crippen LogP contribution is 2.30. The minimum Gasteiger partial charge on any atom is -0.368 e. The number of hydrogen-bond acceptors (Lipinski definition) is 1. The molecule has 0 fully saturated rings. The van der Waals surface area contributed by atoms with Gasteiger partial charge >= 0.3 is 0 Å². The number of halogens is 3. The summed E-state index contributed by atoms with van der Waals surface area (Å²) in [7, 11) is 0. The van der Waals surface area contributed by atoms with Gasteiger partial charge in [0.1, 0.15) is 0 Å². The van der Waals surface area contributed by atoms with Crippen LogP contribution in [-0.2, 0) is 0 Å². The van der Waals surface area contributed by atoms with Crippen molar-refractivity contribution in [2.75, 3.05) is 0 Å².